The topological polar surface area (TPSA) is 24.5 Å². The van der Waals surface area contributed by atoms with Crippen LogP contribution in [0.4, 0.5) is 0 Å². The number of nitrogens with one attached hydrogen (secondary N) is 1. The number of ether oxygens (including phenoxy) is 1. The van der Waals surface area contributed by atoms with Gasteiger partial charge in [-0.2, -0.15) is 0 Å². The molecule has 2 aliphatic rings. The molecule has 2 aromatic carbocycles. The lowest BCUT2D eigenvalue weighted by atomic mass is 9.88. The van der Waals surface area contributed by atoms with Crippen LogP contribution in [0.25, 0.3) is 10.8 Å². The summed E-state index contributed by atoms with van der Waals surface area (Å²) in [6, 6.07) is 13.7. The summed E-state index contributed by atoms with van der Waals surface area (Å²) in [5, 5.41) is 6.33. The maximum atomic E-state index is 5.66. The Kier molecular flexibility index (Phi) is 4.72. The highest BCUT2D eigenvalue weighted by Crippen LogP contribution is 2.31. The van der Waals surface area contributed by atoms with Gasteiger partial charge in [0.15, 0.2) is 0 Å². The van der Waals surface area contributed by atoms with E-state index in [0.29, 0.717) is 0 Å². The minimum absolute atomic E-state index is 0.777. The fourth-order valence-corrected chi connectivity index (χ4v) is 4.52. The predicted octanol–water partition coefficient (Wildman–Crippen LogP) is 3.81. The van der Waals surface area contributed by atoms with Crippen molar-refractivity contribution in [2.45, 2.75) is 38.3 Å². The quantitative estimate of drug-likeness (QED) is 0.925. The van der Waals surface area contributed by atoms with Crippen molar-refractivity contribution in [3.05, 3.63) is 42.0 Å². The number of hydrogen-bond acceptors (Lipinski definition) is 3. The largest absolute Gasteiger partial charge is 0.496 e. The zero-order valence-corrected chi connectivity index (χ0v) is 14.6. The Hall–Kier alpha value is -1.58. The van der Waals surface area contributed by atoms with Crippen molar-refractivity contribution in [3.8, 4) is 5.75 Å². The number of piperidine rings is 1. The Balaban J connectivity index is 1.48. The van der Waals surface area contributed by atoms with Crippen molar-refractivity contribution in [3.63, 3.8) is 0 Å². The first-order valence-corrected chi connectivity index (χ1v) is 9.35. The number of nitrogens with zero attached hydrogens (tertiary/aromatic N) is 1. The fourth-order valence-electron chi connectivity index (χ4n) is 4.52. The highest BCUT2D eigenvalue weighted by molar-refractivity contribution is 5.87. The standard InChI is InChI=1S/C21H28N2O/c1-24-21-9-8-16-5-2-3-6-18(16)19(21)15-23-13-10-17(11-14-23)20-7-4-12-22-20/h2-3,5-6,8-9,17,20,22H,4,7,10-15H2,1H3. The molecule has 0 aromatic heterocycles. The Morgan fingerprint density at radius 1 is 1.08 bits per heavy atom. The number of benzene rings is 2. The molecule has 2 aliphatic heterocycles. The lowest BCUT2D eigenvalue weighted by Gasteiger charge is -2.35. The summed E-state index contributed by atoms with van der Waals surface area (Å²) in [7, 11) is 1.78. The smallest absolute Gasteiger partial charge is 0.123 e. The van der Waals surface area contributed by atoms with Crippen LogP contribution in [0.5, 0.6) is 5.75 Å². The maximum Gasteiger partial charge on any atom is 0.123 e. The van der Waals surface area contributed by atoms with Crippen molar-refractivity contribution in [2.24, 2.45) is 5.92 Å². The van der Waals surface area contributed by atoms with Crippen LogP contribution in [0.1, 0.15) is 31.2 Å². The minimum Gasteiger partial charge on any atom is -0.496 e. The molecule has 3 nitrogen and oxygen atoms in total. The second-order valence-corrected chi connectivity index (χ2v) is 7.28. The Morgan fingerprint density at radius 3 is 2.67 bits per heavy atom. The van der Waals surface area contributed by atoms with Gasteiger partial charge in [-0.25, -0.2) is 0 Å². The van der Waals surface area contributed by atoms with E-state index in [9.17, 15) is 0 Å². The third-order valence-electron chi connectivity index (χ3n) is 5.90. The van der Waals surface area contributed by atoms with E-state index in [2.05, 4.69) is 46.6 Å². The molecular weight excluding hydrogens is 296 g/mol. The summed E-state index contributed by atoms with van der Waals surface area (Å²) in [5.74, 6) is 1.89. The van der Waals surface area contributed by atoms with Gasteiger partial charge in [0, 0.05) is 18.2 Å². The van der Waals surface area contributed by atoms with Gasteiger partial charge in [-0.1, -0.05) is 30.3 Å². The molecule has 2 fully saturated rings. The molecule has 0 radical (unpaired) electrons. The molecule has 1 N–H and O–H groups in total. The van der Waals surface area contributed by atoms with Gasteiger partial charge in [0.2, 0.25) is 0 Å². The number of fused-ring (bicyclic) bond motifs is 1. The average Bonchev–Trinajstić information content (AvgIpc) is 3.17. The summed E-state index contributed by atoms with van der Waals surface area (Å²) < 4.78 is 5.66. The number of hydrogen-bond donors (Lipinski definition) is 1. The van der Waals surface area contributed by atoms with E-state index in [1.165, 1.54) is 61.7 Å². The first kappa shape index (κ1) is 15.9. The number of likely N-dealkylation sites (tertiary alicyclic amines) is 1. The van der Waals surface area contributed by atoms with Crippen LogP contribution in [0.3, 0.4) is 0 Å². The highest BCUT2D eigenvalue weighted by Gasteiger charge is 2.28. The van der Waals surface area contributed by atoms with Crippen LogP contribution in [-0.2, 0) is 6.54 Å². The zero-order chi connectivity index (χ0) is 16.4. The summed E-state index contributed by atoms with van der Waals surface area (Å²) in [6.07, 6.45) is 5.38. The van der Waals surface area contributed by atoms with Crippen molar-refractivity contribution in [1.29, 1.82) is 0 Å². The third kappa shape index (κ3) is 3.15. The van der Waals surface area contributed by atoms with Crippen LogP contribution in [0.2, 0.25) is 0 Å². The molecule has 24 heavy (non-hydrogen) atoms. The molecule has 2 saturated heterocycles. The van der Waals surface area contributed by atoms with Crippen LogP contribution < -0.4 is 10.1 Å². The monoisotopic (exact) mass is 324 g/mol. The summed E-state index contributed by atoms with van der Waals surface area (Å²) in [6.45, 7) is 4.62. The molecule has 0 spiro atoms. The normalized spacial score (nSPS) is 23.0. The zero-order valence-electron chi connectivity index (χ0n) is 14.6. The van der Waals surface area contributed by atoms with Crippen molar-refractivity contribution in [2.75, 3.05) is 26.7 Å². The van der Waals surface area contributed by atoms with Gasteiger partial charge in [-0.05, 0) is 68.1 Å². The van der Waals surface area contributed by atoms with E-state index in [1.807, 2.05) is 0 Å². The molecule has 0 bridgehead atoms. The molecule has 0 amide bonds. The van der Waals surface area contributed by atoms with Gasteiger partial charge in [0.25, 0.3) is 0 Å². The molecule has 2 heterocycles. The van der Waals surface area contributed by atoms with Crippen LogP contribution >= 0.6 is 0 Å². The molecule has 1 unspecified atom stereocenters. The van der Waals surface area contributed by atoms with E-state index >= 15 is 0 Å². The van der Waals surface area contributed by atoms with Gasteiger partial charge in [0.1, 0.15) is 5.75 Å². The summed E-state index contributed by atoms with van der Waals surface area (Å²) >= 11 is 0. The number of methoxy groups -OCH3 is 1. The van der Waals surface area contributed by atoms with Gasteiger partial charge < -0.3 is 10.1 Å². The second kappa shape index (κ2) is 7.12. The molecule has 0 aliphatic carbocycles. The van der Waals surface area contributed by atoms with E-state index in [-0.39, 0.29) is 0 Å². The first-order chi connectivity index (χ1) is 11.8. The molecule has 1 atom stereocenters. The van der Waals surface area contributed by atoms with E-state index in [1.54, 1.807) is 7.11 Å². The minimum atomic E-state index is 0.777. The molecule has 2 aromatic rings. The van der Waals surface area contributed by atoms with Gasteiger partial charge in [-0.15, -0.1) is 0 Å². The number of rotatable bonds is 4. The average molecular weight is 324 g/mol. The van der Waals surface area contributed by atoms with Crippen molar-refractivity contribution >= 4 is 10.8 Å². The van der Waals surface area contributed by atoms with E-state index in [0.717, 1.165) is 24.3 Å². The SMILES string of the molecule is COc1ccc2ccccc2c1CN1CCC(C2CCCN2)CC1. The van der Waals surface area contributed by atoms with E-state index < -0.39 is 0 Å². The Bertz CT molecular complexity index is 685. The Morgan fingerprint density at radius 2 is 1.92 bits per heavy atom. The molecular formula is C21H28N2O. The molecule has 4 rings (SSSR count). The first-order valence-electron chi connectivity index (χ1n) is 9.35. The van der Waals surface area contributed by atoms with Crippen LogP contribution in [-0.4, -0.2) is 37.7 Å². The molecule has 128 valence electrons. The lowest BCUT2D eigenvalue weighted by Crippen LogP contribution is -2.40. The van der Waals surface area contributed by atoms with E-state index in [4.69, 9.17) is 4.74 Å². The van der Waals surface area contributed by atoms with Gasteiger partial charge in [-0.3, -0.25) is 4.90 Å². The molecule has 3 heteroatoms. The van der Waals surface area contributed by atoms with Crippen molar-refractivity contribution < 1.29 is 4.74 Å². The van der Waals surface area contributed by atoms with Crippen LogP contribution in [0.15, 0.2) is 36.4 Å². The van der Waals surface area contributed by atoms with Gasteiger partial charge in [0.05, 0.1) is 7.11 Å². The fraction of sp³-hybridized carbons (Fsp3) is 0.524. The van der Waals surface area contributed by atoms with Gasteiger partial charge >= 0.3 is 0 Å². The lowest BCUT2D eigenvalue weighted by molar-refractivity contribution is 0.156. The maximum absolute atomic E-state index is 5.66. The summed E-state index contributed by atoms with van der Waals surface area (Å²) in [4.78, 5) is 2.61. The third-order valence-corrected chi connectivity index (χ3v) is 5.90. The molecule has 0 saturated carbocycles. The summed E-state index contributed by atoms with van der Waals surface area (Å²) in [5.41, 5.74) is 1.34. The van der Waals surface area contributed by atoms with Crippen LogP contribution in [0, 0.1) is 5.92 Å². The highest BCUT2D eigenvalue weighted by atomic mass is 16.5. The predicted molar refractivity (Wildman–Crippen MR) is 99.5 cm³/mol. The Labute approximate surface area is 145 Å². The van der Waals surface area contributed by atoms with Crippen molar-refractivity contribution in [1.82, 2.24) is 10.2 Å². The second-order valence-electron chi connectivity index (χ2n) is 7.28.